The van der Waals surface area contributed by atoms with Crippen LogP contribution >= 0.6 is 0 Å². The van der Waals surface area contributed by atoms with E-state index in [4.69, 9.17) is 61.6 Å². The number of ketones is 1. The molecule has 4 aliphatic carbocycles. The van der Waals surface area contributed by atoms with Gasteiger partial charge in [-0.15, -0.1) is 0 Å². The minimum absolute atomic E-state index is 0.0498. The van der Waals surface area contributed by atoms with Crippen molar-refractivity contribution in [3.63, 3.8) is 0 Å². The van der Waals surface area contributed by atoms with Gasteiger partial charge in [0, 0.05) is 53.6 Å². The first kappa shape index (κ1) is 58.1. The molecule has 0 unspecified atom stereocenters. The second-order valence-electron chi connectivity index (χ2n) is 23.3. The molecule has 76 heavy (non-hydrogen) atoms. The molecule has 8 aliphatic rings. The molecule has 20 nitrogen and oxygen atoms in total. The Kier molecular flexibility index (Phi) is 17.1. The van der Waals surface area contributed by atoms with E-state index < -0.39 is 156 Å². The lowest BCUT2D eigenvalue weighted by molar-refractivity contribution is -0.356. The minimum Gasteiger partial charge on any atom is -0.458 e. The largest absolute Gasteiger partial charge is 0.458 e. The molecule has 1 aromatic carbocycles. The molecule has 1 aromatic rings. The number of methoxy groups -OCH3 is 4. The SMILES string of the molecule is CO[C@@H]1[C@@H](O)[C@H](O[C@@H]2[C@@H](C)O[C@@H](O[C@@H]3[C@@H](C)O[C@@H](O[C@@H]4[C@@H](C)O[C@@H](O[C@H]5CC[C@@]6(C)C(=CC[C@]7(O)[C@@H]6C[C@@H](OC(=O)c6ccccc6)[C@@]6(C)[C@]7(O)CC[C@@]6(O)C(C)=O)C5)C[C@H]4OC)C[C@H]3OC)C[C@H]2OC)O[C@H](C)[C@H]1O. The predicted octanol–water partition coefficient (Wildman–Crippen LogP) is 3.81. The maximum Gasteiger partial charge on any atom is 0.338 e. The molecule has 4 aliphatic heterocycles. The van der Waals surface area contributed by atoms with Crippen molar-refractivity contribution >= 4 is 11.8 Å². The molecule has 4 heterocycles. The first-order valence-electron chi connectivity index (χ1n) is 27.3. The van der Waals surface area contributed by atoms with Gasteiger partial charge in [0.05, 0.1) is 59.8 Å². The fraction of sp³-hybridized carbons (Fsp3) is 0.821. The lowest BCUT2D eigenvalue weighted by Gasteiger charge is -2.67. The molecule has 20 heteroatoms. The van der Waals surface area contributed by atoms with Gasteiger partial charge in [0.25, 0.3) is 0 Å². The van der Waals surface area contributed by atoms with E-state index >= 15 is 0 Å². The number of carbonyl (C=O) groups is 2. The van der Waals surface area contributed by atoms with Gasteiger partial charge in [0.2, 0.25) is 0 Å². The summed E-state index contributed by atoms with van der Waals surface area (Å²) < 4.78 is 81.0. The maximum absolute atomic E-state index is 13.7. The molecule has 0 aromatic heterocycles. The summed E-state index contributed by atoms with van der Waals surface area (Å²) in [7, 11) is 6.24. The highest BCUT2D eigenvalue weighted by molar-refractivity contribution is 5.90. The van der Waals surface area contributed by atoms with Crippen molar-refractivity contribution in [1.29, 1.82) is 0 Å². The first-order valence-corrected chi connectivity index (χ1v) is 27.3. The highest BCUT2D eigenvalue weighted by Gasteiger charge is 2.81. The standard InChI is InChI=1S/C56H84O20/c1-28-44(58)49(67-11)45(59)51(71-28)76-48-31(4)70-43(26-38(48)66-10)75-47-30(3)69-42(25-37(47)65-9)74-46-29(2)68-41(24-36(46)64-8)72-35-18-19-52(6)34(23-35)17-20-55(62)39(52)27-40(73-50(60)33-15-13-12-14-16-33)53(7)54(61,32(5)57)21-22-56(53,55)63/h12-17,28-31,35-49,51,58-59,61-63H,18-27H2,1-11H3/t28-,29-,30-,31-,35+,36-,37-,38-,39-,40-,41+,42+,43+,44-,45-,46-,47-,48-,49+,51+,52+,53-,54-,55+,56-/m1/s1. The molecule has 3 saturated carbocycles. The number of hydrogen-bond donors (Lipinski definition) is 5. The van der Waals surface area contributed by atoms with Gasteiger partial charge in [-0.25, -0.2) is 4.79 Å². The number of benzene rings is 1. The third-order valence-corrected chi connectivity index (χ3v) is 19.5. The Hall–Kier alpha value is -2.58. The van der Waals surface area contributed by atoms with Gasteiger partial charge < -0.3 is 87.1 Å². The Labute approximate surface area is 446 Å². The van der Waals surface area contributed by atoms with Crippen LogP contribution < -0.4 is 0 Å². The van der Waals surface area contributed by atoms with Gasteiger partial charge in [-0.2, -0.15) is 0 Å². The second kappa shape index (κ2) is 22.4. The molecule has 7 fully saturated rings. The van der Waals surface area contributed by atoms with Crippen LogP contribution in [0.15, 0.2) is 42.0 Å². The van der Waals surface area contributed by atoms with Crippen LogP contribution in [0.5, 0.6) is 0 Å². The zero-order valence-electron chi connectivity index (χ0n) is 45.9. The summed E-state index contributed by atoms with van der Waals surface area (Å²) >= 11 is 0. The Bertz CT molecular complexity index is 2220. The smallest absolute Gasteiger partial charge is 0.338 e. The quantitative estimate of drug-likeness (QED) is 0.124. The fourth-order valence-electron chi connectivity index (χ4n) is 14.9. The zero-order chi connectivity index (χ0) is 54.9. The van der Waals surface area contributed by atoms with Crippen LogP contribution in [-0.2, 0) is 66.4 Å². The van der Waals surface area contributed by atoms with Crippen molar-refractivity contribution in [3.8, 4) is 0 Å². The zero-order valence-corrected chi connectivity index (χ0v) is 45.9. The number of aliphatic hydroxyl groups excluding tert-OH is 2. The number of carbonyl (C=O) groups excluding carboxylic acids is 2. The fourth-order valence-corrected chi connectivity index (χ4v) is 14.9. The minimum atomic E-state index is -2.04. The molecule has 9 rings (SSSR count). The topological polar surface area (TPSA) is 255 Å². The Morgan fingerprint density at radius 1 is 0.632 bits per heavy atom. The summed E-state index contributed by atoms with van der Waals surface area (Å²) in [6.07, 6.45) is -7.99. The summed E-state index contributed by atoms with van der Waals surface area (Å²) in [5, 5.41) is 59.5. The van der Waals surface area contributed by atoms with E-state index in [1.165, 1.54) is 14.0 Å². The third-order valence-electron chi connectivity index (χ3n) is 19.5. The summed E-state index contributed by atoms with van der Waals surface area (Å²) in [4.78, 5) is 27.1. The number of ether oxygens (including phenoxy) is 13. The van der Waals surface area contributed by atoms with E-state index in [2.05, 4.69) is 6.92 Å². The van der Waals surface area contributed by atoms with Crippen molar-refractivity contribution in [2.75, 3.05) is 28.4 Å². The number of rotatable bonds is 15. The Balaban J connectivity index is 0.810. The summed E-state index contributed by atoms with van der Waals surface area (Å²) in [6, 6.07) is 8.51. The van der Waals surface area contributed by atoms with Gasteiger partial charge in [-0.05, 0) is 104 Å². The monoisotopic (exact) mass is 1080 g/mol. The van der Waals surface area contributed by atoms with Crippen LogP contribution in [-0.4, -0.2) is 199 Å². The van der Waals surface area contributed by atoms with E-state index in [1.807, 2.05) is 26.8 Å². The van der Waals surface area contributed by atoms with Crippen LogP contribution in [0.2, 0.25) is 0 Å². The van der Waals surface area contributed by atoms with E-state index in [9.17, 15) is 35.1 Å². The van der Waals surface area contributed by atoms with Gasteiger partial charge in [-0.1, -0.05) is 36.8 Å². The molecule has 25 atom stereocenters. The van der Waals surface area contributed by atoms with Gasteiger partial charge >= 0.3 is 5.97 Å². The van der Waals surface area contributed by atoms with Gasteiger partial charge in [0.15, 0.2) is 30.9 Å². The molecular weight excluding hydrogens is 993 g/mol. The average Bonchev–Trinajstić information content (AvgIpc) is 3.63. The van der Waals surface area contributed by atoms with Crippen LogP contribution in [0.1, 0.15) is 123 Å². The molecule has 0 bridgehead atoms. The van der Waals surface area contributed by atoms with Crippen molar-refractivity contribution in [3.05, 3.63) is 47.5 Å². The van der Waals surface area contributed by atoms with Gasteiger partial charge in [-0.3, -0.25) is 4.79 Å². The highest BCUT2D eigenvalue weighted by atomic mass is 16.8. The molecule has 428 valence electrons. The number of fused-ring (bicyclic) bond motifs is 5. The van der Waals surface area contributed by atoms with E-state index in [0.717, 1.165) is 5.57 Å². The normalized spacial score (nSPS) is 49.4. The van der Waals surface area contributed by atoms with Crippen molar-refractivity contribution in [2.24, 2.45) is 16.7 Å². The Morgan fingerprint density at radius 2 is 1.17 bits per heavy atom. The third kappa shape index (κ3) is 9.87. The average molecular weight is 1080 g/mol. The van der Waals surface area contributed by atoms with Crippen molar-refractivity contribution in [1.82, 2.24) is 0 Å². The maximum atomic E-state index is 13.7. The second-order valence-corrected chi connectivity index (χ2v) is 23.3. The number of Topliss-reactive ketones (excluding diaryl/α,β-unsaturated/α-hetero) is 1. The van der Waals surface area contributed by atoms with E-state index in [1.54, 1.807) is 65.5 Å². The lowest BCUT2D eigenvalue weighted by Crippen LogP contribution is -2.78. The van der Waals surface area contributed by atoms with E-state index in [0.29, 0.717) is 44.1 Å². The van der Waals surface area contributed by atoms with Crippen LogP contribution in [0.3, 0.4) is 0 Å². The molecular formula is C56H84O20. The molecule has 0 radical (unpaired) electrons. The summed E-state index contributed by atoms with van der Waals surface area (Å²) in [6.45, 7) is 12.3. The lowest BCUT2D eigenvalue weighted by atomic mass is 9.42. The van der Waals surface area contributed by atoms with Crippen molar-refractivity contribution in [2.45, 2.75) is 246 Å². The summed E-state index contributed by atoms with van der Waals surface area (Å²) in [5.74, 6) is -1.76. The van der Waals surface area contributed by atoms with E-state index in [-0.39, 0.29) is 31.8 Å². The first-order chi connectivity index (χ1) is 36.0. The van der Waals surface area contributed by atoms with Crippen molar-refractivity contribution < 1.29 is 96.7 Å². The molecule has 0 amide bonds. The highest BCUT2D eigenvalue weighted by Crippen LogP contribution is 2.71. The molecule has 0 spiro atoms. The molecule has 4 saturated heterocycles. The predicted molar refractivity (Wildman–Crippen MR) is 267 cm³/mol. The van der Waals surface area contributed by atoms with Crippen LogP contribution in [0.25, 0.3) is 0 Å². The van der Waals surface area contributed by atoms with Crippen LogP contribution in [0, 0.1) is 16.7 Å². The molecule has 5 N–H and O–H groups in total. The Morgan fingerprint density at radius 3 is 1.70 bits per heavy atom. The van der Waals surface area contributed by atoms with Crippen LogP contribution in [0.4, 0.5) is 0 Å². The number of hydrogen-bond acceptors (Lipinski definition) is 20. The number of esters is 1. The number of aliphatic hydroxyl groups is 5. The summed E-state index contributed by atoms with van der Waals surface area (Å²) in [5.41, 5.74) is -6.73. The van der Waals surface area contributed by atoms with Gasteiger partial charge in [0.1, 0.15) is 59.5 Å².